The summed E-state index contributed by atoms with van der Waals surface area (Å²) in [6.45, 7) is 0.417. The van der Waals surface area contributed by atoms with Crippen LogP contribution >= 0.6 is 11.6 Å². The number of carboxylic acid groups (broad SMARTS) is 1. The van der Waals surface area contributed by atoms with Crippen LogP contribution in [0.2, 0.25) is 5.02 Å². The highest BCUT2D eigenvalue weighted by molar-refractivity contribution is 6.31. The lowest BCUT2D eigenvalue weighted by Gasteiger charge is -2.21. The maximum Gasteiger partial charge on any atom is 0.317 e. The third kappa shape index (κ3) is 4.11. The second-order valence-electron chi connectivity index (χ2n) is 5.44. The first-order valence-corrected chi connectivity index (χ1v) is 7.33. The monoisotopic (exact) mass is 310 g/mol. The molecular formula is C15H19ClN2O3. The predicted molar refractivity (Wildman–Crippen MR) is 80.2 cm³/mol. The Balaban J connectivity index is 1.86. The van der Waals surface area contributed by atoms with Crippen molar-refractivity contribution >= 4 is 23.6 Å². The van der Waals surface area contributed by atoms with Gasteiger partial charge in [-0.2, -0.15) is 0 Å². The summed E-state index contributed by atoms with van der Waals surface area (Å²) in [4.78, 5) is 24.6. The number of nitrogens with zero attached hydrogens (tertiary/aromatic N) is 1. The van der Waals surface area contributed by atoms with E-state index in [0.29, 0.717) is 30.8 Å². The zero-order valence-corrected chi connectivity index (χ0v) is 12.6. The van der Waals surface area contributed by atoms with E-state index < -0.39 is 5.97 Å². The van der Waals surface area contributed by atoms with Crippen LogP contribution in [0, 0.1) is 5.92 Å². The smallest absolute Gasteiger partial charge is 0.317 e. The highest BCUT2D eigenvalue weighted by atomic mass is 35.5. The molecule has 1 aromatic carbocycles. The number of carboxylic acids is 1. The number of carbonyl (C=O) groups excluding carboxylic acids is 1. The number of carbonyl (C=O) groups is 2. The molecule has 2 N–H and O–H groups in total. The lowest BCUT2D eigenvalue weighted by atomic mass is 10.1. The Kier molecular flexibility index (Phi) is 5.07. The molecular weight excluding hydrogens is 292 g/mol. The van der Waals surface area contributed by atoms with Crippen molar-refractivity contribution in [1.82, 2.24) is 10.2 Å². The molecule has 2 unspecified atom stereocenters. The molecule has 1 aromatic rings. The van der Waals surface area contributed by atoms with Crippen LogP contribution in [0.3, 0.4) is 0 Å². The first kappa shape index (κ1) is 15.6. The summed E-state index contributed by atoms with van der Waals surface area (Å²) < 4.78 is 0. The molecule has 2 rings (SSSR count). The average molecular weight is 311 g/mol. The van der Waals surface area contributed by atoms with Gasteiger partial charge < -0.3 is 15.3 Å². The molecule has 0 bridgehead atoms. The fraction of sp³-hybridized carbons (Fsp3) is 0.467. The van der Waals surface area contributed by atoms with E-state index in [2.05, 4.69) is 5.32 Å². The molecule has 21 heavy (non-hydrogen) atoms. The molecule has 0 saturated heterocycles. The summed E-state index contributed by atoms with van der Waals surface area (Å²) >= 11 is 6.07. The summed E-state index contributed by atoms with van der Waals surface area (Å²) in [5.41, 5.74) is 0.881. The molecule has 0 heterocycles. The molecule has 1 fully saturated rings. The zero-order valence-electron chi connectivity index (χ0n) is 11.9. The SMILES string of the molecule is CN(Cc1ccccc1Cl)C(=O)NC1CCC(C(=O)O)C1. The van der Waals surface area contributed by atoms with Gasteiger partial charge in [-0.05, 0) is 30.9 Å². The van der Waals surface area contributed by atoms with Gasteiger partial charge in [0.2, 0.25) is 0 Å². The molecule has 2 atom stereocenters. The van der Waals surface area contributed by atoms with Crippen LogP contribution in [0.4, 0.5) is 4.79 Å². The van der Waals surface area contributed by atoms with Crippen LogP contribution in [0.5, 0.6) is 0 Å². The summed E-state index contributed by atoms with van der Waals surface area (Å²) in [5, 5.41) is 12.5. The third-order valence-corrected chi connectivity index (χ3v) is 4.19. The van der Waals surface area contributed by atoms with Crippen LogP contribution in [0.25, 0.3) is 0 Å². The first-order chi connectivity index (χ1) is 9.97. The summed E-state index contributed by atoms with van der Waals surface area (Å²) in [6.07, 6.45) is 1.83. The Morgan fingerprint density at radius 2 is 2.10 bits per heavy atom. The minimum absolute atomic E-state index is 0.0627. The van der Waals surface area contributed by atoms with E-state index >= 15 is 0 Å². The Morgan fingerprint density at radius 3 is 2.71 bits per heavy atom. The van der Waals surface area contributed by atoms with E-state index in [1.54, 1.807) is 18.0 Å². The molecule has 1 aliphatic rings. The van der Waals surface area contributed by atoms with E-state index in [1.165, 1.54) is 0 Å². The second kappa shape index (κ2) is 6.80. The lowest BCUT2D eigenvalue weighted by Crippen LogP contribution is -2.42. The van der Waals surface area contributed by atoms with Crippen molar-refractivity contribution in [1.29, 1.82) is 0 Å². The zero-order chi connectivity index (χ0) is 15.4. The van der Waals surface area contributed by atoms with E-state index in [4.69, 9.17) is 16.7 Å². The van der Waals surface area contributed by atoms with Crippen LogP contribution in [-0.2, 0) is 11.3 Å². The Labute approximate surface area is 128 Å². The van der Waals surface area contributed by atoms with Crippen molar-refractivity contribution < 1.29 is 14.7 Å². The van der Waals surface area contributed by atoms with E-state index in [1.807, 2.05) is 18.2 Å². The number of hydrogen-bond acceptors (Lipinski definition) is 2. The van der Waals surface area contributed by atoms with Gasteiger partial charge in [-0.3, -0.25) is 4.79 Å². The summed E-state index contributed by atoms with van der Waals surface area (Å²) in [6, 6.07) is 7.12. The van der Waals surface area contributed by atoms with Crippen molar-refractivity contribution in [3.05, 3.63) is 34.9 Å². The van der Waals surface area contributed by atoms with Gasteiger partial charge in [0.1, 0.15) is 0 Å². The van der Waals surface area contributed by atoms with Crippen LogP contribution < -0.4 is 5.32 Å². The van der Waals surface area contributed by atoms with Gasteiger partial charge in [-0.15, -0.1) is 0 Å². The van der Waals surface area contributed by atoms with Crippen molar-refractivity contribution in [3.8, 4) is 0 Å². The molecule has 0 aliphatic heterocycles. The normalized spacial score (nSPS) is 21.0. The lowest BCUT2D eigenvalue weighted by molar-refractivity contribution is -0.141. The second-order valence-corrected chi connectivity index (χ2v) is 5.85. The molecule has 0 radical (unpaired) electrons. The Morgan fingerprint density at radius 1 is 1.38 bits per heavy atom. The van der Waals surface area contributed by atoms with Crippen molar-refractivity contribution in [3.63, 3.8) is 0 Å². The highest BCUT2D eigenvalue weighted by Crippen LogP contribution is 2.25. The number of rotatable bonds is 4. The fourth-order valence-electron chi connectivity index (χ4n) is 2.58. The number of amides is 2. The third-order valence-electron chi connectivity index (χ3n) is 3.82. The predicted octanol–water partition coefficient (Wildman–Crippen LogP) is 2.73. The minimum Gasteiger partial charge on any atom is -0.481 e. The quantitative estimate of drug-likeness (QED) is 0.898. The topological polar surface area (TPSA) is 69.6 Å². The first-order valence-electron chi connectivity index (χ1n) is 6.95. The summed E-state index contributed by atoms with van der Waals surface area (Å²) in [5.74, 6) is -1.12. The average Bonchev–Trinajstić information content (AvgIpc) is 2.90. The van der Waals surface area contributed by atoms with E-state index in [9.17, 15) is 9.59 Å². The van der Waals surface area contributed by atoms with E-state index in [-0.39, 0.29) is 18.0 Å². The highest BCUT2D eigenvalue weighted by Gasteiger charge is 2.31. The fourth-order valence-corrected chi connectivity index (χ4v) is 2.77. The number of hydrogen-bond donors (Lipinski definition) is 2. The van der Waals surface area contributed by atoms with Gasteiger partial charge in [0.25, 0.3) is 0 Å². The van der Waals surface area contributed by atoms with E-state index in [0.717, 1.165) is 5.56 Å². The molecule has 1 saturated carbocycles. The van der Waals surface area contributed by atoms with Crippen LogP contribution in [-0.4, -0.2) is 35.1 Å². The molecule has 1 aliphatic carbocycles. The van der Waals surface area contributed by atoms with Gasteiger partial charge in [0, 0.05) is 24.7 Å². The van der Waals surface area contributed by atoms with Crippen LogP contribution in [0.1, 0.15) is 24.8 Å². The summed E-state index contributed by atoms with van der Waals surface area (Å²) in [7, 11) is 1.70. The minimum atomic E-state index is -0.781. The van der Waals surface area contributed by atoms with Crippen molar-refractivity contribution in [2.75, 3.05) is 7.05 Å². The maximum absolute atomic E-state index is 12.1. The van der Waals surface area contributed by atoms with Gasteiger partial charge in [-0.25, -0.2) is 4.79 Å². The Hall–Kier alpha value is -1.75. The molecule has 6 heteroatoms. The van der Waals surface area contributed by atoms with Crippen molar-refractivity contribution in [2.45, 2.75) is 31.8 Å². The van der Waals surface area contributed by atoms with Gasteiger partial charge in [0.05, 0.1) is 5.92 Å². The molecule has 0 aromatic heterocycles. The number of nitrogens with one attached hydrogen (secondary N) is 1. The number of aliphatic carboxylic acids is 1. The number of urea groups is 1. The Bertz CT molecular complexity index is 535. The largest absolute Gasteiger partial charge is 0.481 e. The maximum atomic E-state index is 12.1. The molecule has 5 nitrogen and oxygen atoms in total. The van der Waals surface area contributed by atoms with Gasteiger partial charge >= 0.3 is 12.0 Å². The number of halogens is 1. The van der Waals surface area contributed by atoms with Crippen LogP contribution in [0.15, 0.2) is 24.3 Å². The van der Waals surface area contributed by atoms with Gasteiger partial charge in [0.15, 0.2) is 0 Å². The number of benzene rings is 1. The van der Waals surface area contributed by atoms with Crippen molar-refractivity contribution in [2.24, 2.45) is 5.92 Å². The molecule has 2 amide bonds. The van der Waals surface area contributed by atoms with Gasteiger partial charge in [-0.1, -0.05) is 29.8 Å². The molecule has 114 valence electrons. The molecule has 0 spiro atoms. The standard InChI is InChI=1S/C15H19ClN2O3/c1-18(9-11-4-2-3-5-13(11)16)15(21)17-12-7-6-10(8-12)14(19)20/h2-5,10,12H,6-9H2,1H3,(H,17,21)(H,19,20).